The second-order valence-corrected chi connectivity index (χ2v) is 8.64. The van der Waals surface area contributed by atoms with Gasteiger partial charge in [-0.15, -0.1) is 0 Å². The summed E-state index contributed by atoms with van der Waals surface area (Å²) in [5, 5.41) is 0.110. The van der Waals surface area contributed by atoms with Crippen LogP contribution < -0.4 is 5.56 Å². The smallest absolute Gasteiger partial charge is 0.267 e. The van der Waals surface area contributed by atoms with Crippen molar-refractivity contribution in [2.75, 3.05) is 6.26 Å². The van der Waals surface area contributed by atoms with Crippen molar-refractivity contribution in [1.29, 1.82) is 0 Å². The summed E-state index contributed by atoms with van der Waals surface area (Å²) < 4.78 is 26.9. The van der Waals surface area contributed by atoms with Crippen molar-refractivity contribution < 1.29 is 8.42 Å². The number of halogens is 2. The molecule has 0 fully saturated rings. The van der Waals surface area contributed by atoms with Crippen LogP contribution in [0.1, 0.15) is 0 Å². The summed E-state index contributed by atoms with van der Waals surface area (Å²) in [6.07, 6.45) is 5.24. The Morgan fingerprint density at radius 1 is 1.23 bits per heavy atom. The molecule has 3 aromatic heterocycles. The van der Waals surface area contributed by atoms with E-state index in [9.17, 15) is 13.2 Å². The molecule has 0 aliphatic heterocycles. The highest BCUT2D eigenvalue weighted by Gasteiger charge is 2.20. The first-order chi connectivity index (χ1) is 12.3. The van der Waals surface area contributed by atoms with Gasteiger partial charge in [-0.25, -0.2) is 32.6 Å². The molecule has 0 amide bonds. The predicted molar refractivity (Wildman–Crippen MR) is 99.7 cm³/mol. The molecule has 0 atom stereocenters. The highest BCUT2D eigenvalue weighted by atomic mass is 79.9. The van der Waals surface area contributed by atoms with Crippen molar-refractivity contribution in [2.24, 2.45) is 0 Å². The lowest BCUT2D eigenvalue weighted by Gasteiger charge is -2.14. The average molecular weight is 455 g/mol. The summed E-state index contributed by atoms with van der Waals surface area (Å²) in [7, 11) is -3.63. The second kappa shape index (κ2) is 5.86. The summed E-state index contributed by atoms with van der Waals surface area (Å²) in [5.41, 5.74) is 0.421. The first-order valence-corrected chi connectivity index (χ1v) is 10.2. The summed E-state index contributed by atoms with van der Waals surface area (Å²) in [5.74, 6) is 0. The largest absolute Gasteiger partial charge is 0.281 e. The third-order valence-electron chi connectivity index (χ3n) is 3.72. The minimum Gasteiger partial charge on any atom is -0.267 e. The molecule has 0 saturated heterocycles. The van der Waals surface area contributed by atoms with Gasteiger partial charge in [0, 0.05) is 29.3 Å². The predicted octanol–water partition coefficient (Wildman–Crippen LogP) is 2.25. The molecule has 4 aromatic rings. The zero-order chi connectivity index (χ0) is 18.6. The number of sulfone groups is 1. The fourth-order valence-electron chi connectivity index (χ4n) is 2.61. The summed E-state index contributed by atoms with van der Waals surface area (Å²) in [6.45, 7) is 0. The zero-order valence-electron chi connectivity index (χ0n) is 13.1. The molecular weight excluding hydrogens is 446 g/mol. The van der Waals surface area contributed by atoms with E-state index in [2.05, 4.69) is 30.9 Å². The Balaban J connectivity index is 2.22. The number of rotatable bonds is 2. The van der Waals surface area contributed by atoms with E-state index in [0.29, 0.717) is 20.8 Å². The Morgan fingerprint density at radius 3 is 2.69 bits per heavy atom. The van der Waals surface area contributed by atoms with Gasteiger partial charge in [-0.2, -0.15) is 0 Å². The molecule has 26 heavy (non-hydrogen) atoms. The maximum Gasteiger partial charge on any atom is 0.281 e. The summed E-state index contributed by atoms with van der Waals surface area (Å²) in [4.78, 5) is 25.2. The number of imidazole rings is 1. The van der Waals surface area contributed by atoms with Crippen molar-refractivity contribution >= 4 is 53.9 Å². The van der Waals surface area contributed by atoms with Crippen LogP contribution in [0.25, 0.3) is 22.2 Å². The molecule has 0 aliphatic carbocycles. The SMILES string of the molecule is CS(=O)(=O)c1ncc2c(=O)n(-c3c(Cl)cccc3Br)n3ccnc3c2n1. The Hall–Kier alpha value is -2.30. The number of fused-ring (bicyclic) bond motifs is 3. The van der Waals surface area contributed by atoms with Gasteiger partial charge in [0.2, 0.25) is 15.0 Å². The lowest BCUT2D eigenvalue weighted by molar-refractivity contribution is 0.593. The normalized spacial score (nSPS) is 12.1. The van der Waals surface area contributed by atoms with E-state index >= 15 is 0 Å². The van der Waals surface area contributed by atoms with Gasteiger partial charge in [0.25, 0.3) is 5.56 Å². The van der Waals surface area contributed by atoms with E-state index in [1.807, 2.05) is 0 Å². The van der Waals surface area contributed by atoms with Crippen LogP contribution in [0.2, 0.25) is 5.02 Å². The lowest BCUT2D eigenvalue weighted by Crippen LogP contribution is -2.26. The molecule has 0 unspecified atom stereocenters. The van der Waals surface area contributed by atoms with Crippen molar-refractivity contribution in [2.45, 2.75) is 5.16 Å². The maximum absolute atomic E-state index is 13.1. The van der Waals surface area contributed by atoms with Crippen LogP contribution in [0.5, 0.6) is 0 Å². The fraction of sp³-hybridized carbons (Fsp3) is 0.0667. The number of benzene rings is 1. The van der Waals surface area contributed by atoms with E-state index in [4.69, 9.17) is 11.6 Å². The van der Waals surface area contributed by atoms with Crippen molar-refractivity contribution in [3.05, 3.63) is 56.6 Å². The van der Waals surface area contributed by atoms with Gasteiger partial charge in [0.1, 0.15) is 5.52 Å². The molecule has 0 spiro atoms. The van der Waals surface area contributed by atoms with Crippen molar-refractivity contribution in [1.82, 2.24) is 24.1 Å². The maximum atomic E-state index is 13.1. The van der Waals surface area contributed by atoms with E-state index in [0.717, 1.165) is 6.26 Å². The third-order valence-corrected chi connectivity index (χ3v) is 5.52. The van der Waals surface area contributed by atoms with Gasteiger partial charge in [-0.1, -0.05) is 17.7 Å². The number of para-hydroxylation sites is 1. The topological polar surface area (TPSA) is 99.2 Å². The molecule has 0 N–H and O–H groups in total. The van der Waals surface area contributed by atoms with Crippen LogP contribution in [0.15, 0.2) is 51.2 Å². The Kier molecular flexibility index (Phi) is 3.86. The molecule has 4 rings (SSSR count). The number of hydrogen-bond acceptors (Lipinski definition) is 6. The molecular formula is C15H9BrClN5O3S. The van der Waals surface area contributed by atoms with Gasteiger partial charge in [-0.05, 0) is 28.1 Å². The van der Waals surface area contributed by atoms with Crippen molar-refractivity contribution in [3.63, 3.8) is 0 Å². The van der Waals surface area contributed by atoms with E-state index in [1.165, 1.54) is 21.6 Å². The Bertz CT molecular complexity index is 1340. The summed E-state index contributed by atoms with van der Waals surface area (Å²) in [6, 6.07) is 5.16. The molecule has 0 saturated carbocycles. The first-order valence-electron chi connectivity index (χ1n) is 7.18. The number of hydrogen-bond donors (Lipinski definition) is 0. The van der Waals surface area contributed by atoms with Gasteiger partial charge >= 0.3 is 0 Å². The highest BCUT2D eigenvalue weighted by Crippen LogP contribution is 2.28. The fourth-order valence-corrected chi connectivity index (χ4v) is 4.02. The molecule has 8 nitrogen and oxygen atoms in total. The van der Waals surface area contributed by atoms with Gasteiger partial charge in [0.15, 0.2) is 5.65 Å². The van der Waals surface area contributed by atoms with Crippen LogP contribution >= 0.6 is 27.5 Å². The van der Waals surface area contributed by atoms with E-state index in [-0.39, 0.29) is 16.1 Å². The average Bonchev–Trinajstić information content (AvgIpc) is 3.05. The lowest BCUT2D eigenvalue weighted by atomic mass is 10.3. The Morgan fingerprint density at radius 2 is 2.00 bits per heavy atom. The van der Waals surface area contributed by atoms with Crippen LogP contribution in [0.3, 0.4) is 0 Å². The number of nitrogens with zero attached hydrogens (tertiary/aromatic N) is 5. The molecule has 0 radical (unpaired) electrons. The minimum absolute atomic E-state index is 0.128. The highest BCUT2D eigenvalue weighted by molar-refractivity contribution is 9.10. The first kappa shape index (κ1) is 17.1. The van der Waals surface area contributed by atoms with Crippen LogP contribution in [-0.2, 0) is 9.84 Å². The second-order valence-electron chi connectivity index (χ2n) is 5.47. The van der Waals surface area contributed by atoms with E-state index < -0.39 is 15.4 Å². The van der Waals surface area contributed by atoms with Gasteiger partial charge in [0.05, 0.1) is 16.1 Å². The van der Waals surface area contributed by atoms with Crippen LogP contribution in [0, 0.1) is 0 Å². The third kappa shape index (κ3) is 2.52. The van der Waals surface area contributed by atoms with Gasteiger partial charge < -0.3 is 0 Å². The monoisotopic (exact) mass is 453 g/mol. The molecule has 0 bridgehead atoms. The molecule has 3 heterocycles. The standard InChI is InChI=1S/C15H9BrClN5O3S/c1-26(24,25)15-19-7-8-11(20-15)13-18-5-6-21(13)22(14(8)23)12-9(16)3-2-4-10(12)17/h2-7H,1H3. The Labute approximate surface area is 160 Å². The quantitative estimate of drug-likeness (QED) is 0.431. The molecule has 0 aliphatic rings. The van der Waals surface area contributed by atoms with Crippen molar-refractivity contribution in [3.8, 4) is 5.69 Å². The van der Waals surface area contributed by atoms with E-state index in [1.54, 1.807) is 24.4 Å². The van der Waals surface area contributed by atoms with Crippen LogP contribution in [-0.4, -0.2) is 38.8 Å². The van der Waals surface area contributed by atoms with Gasteiger partial charge in [-0.3, -0.25) is 4.79 Å². The minimum atomic E-state index is -3.63. The zero-order valence-corrected chi connectivity index (χ0v) is 16.2. The molecule has 132 valence electrons. The summed E-state index contributed by atoms with van der Waals surface area (Å²) >= 11 is 9.71. The molecule has 1 aromatic carbocycles. The van der Waals surface area contributed by atoms with Crippen LogP contribution in [0.4, 0.5) is 0 Å². The molecule has 11 heteroatoms. The number of aromatic nitrogens is 5.